The zero-order valence-corrected chi connectivity index (χ0v) is 21.2. The van der Waals surface area contributed by atoms with Crippen molar-refractivity contribution in [1.29, 1.82) is 0 Å². The van der Waals surface area contributed by atoms with Gasteiger partial charge in [-0.25, -0.2) is 24.1 Å². The van der Waals surface area contributed by atoms with E-state index in [2.05, 4.69) is 27.1 Å². The third kappa shape index (κ3) is 4.90. The molecule has 196 valence electrons. The molecule has 0 unspecified atom stereocenters. The third-order valence-electron chi connectivity index (χ3n) is 6.95. The van der Waals surface area contributed by atoms with Crippen molar-refractivity contribution in [2.24, 2.45) is 0 Å². The summed E-state index contributed by atoms with van der Waals surface area (Å²) in [7, 11) is 2.12. The Hall–Kier alpha value is -4.09. The Morgan fingerprint density at radius 3 is 2.47 bits per heavy atom. The van der Waals surface area contributed by atoms with Gasteiger partial charge >= 0.3 is 6.03 Å². The summed E-state index contributed by atoms with van der Waals surface area (Å²) < 4.78 is 21.0. The number of urea groups is 1. The number of rotatable bonds is 4. The smallest absolute Gasteiger partial charge is 0.323 e. The van der Waals surface area contributed by atoms with Gasteiger partial charge < -0.3 is 19.4 Å². The molecule has 0 aliphatic carbocycles. The van der Waals surface area contributed by atoms with E-state index in [1.165, 1.54) is 12.1 Å². The second-order valence-corrected chi connectivity index (χ2v) is 9.51. The average molecular weight is 517 g/mol. The lowest BCUT2D eigenvalue weighted by Crippen LogP contribution is -2.44. The van der Waals surface area contributed by atoms with Crippen LogP contribution in [0.15, 0.2) is 54.7 Å². The highest BCUT2D eigenvalue weighted by atomic mass is 19.1. The first-order valence-electron chi connectivity index (χ1n) is 12.7. The SMILES string of the molecule is CN1CCN(c2ccc3nc(-c4ccc(F)cc4)n(-c4ccnc(NC(=O)N5CCOCC5)c4)c3n2)CC1. The van der Waals surface area contributed by atoms with Crippen LogP contribution in [-0.4, -0.2) is 94.9 Å². The number of nitrogens with one attached hydrogen (secondary N) is 1. The zero-order valence-electron chi connectivity index (χ0n) is 21.2. The van der Waals surface area contributed by atoms with Gasteiger partial charge in [0.1, 0.15) is 28.8 Å². The van der Waals surface area contributed by atoms with Gasteiger partial charge in [0.05, 0.1) is 18.9 Å². The number of benzene rings is 1. The van der Waals surface area contributed by atoms with Crippen molar-refractivity contribution < 1.29 is 13.9 Å². The molecule has 0 atom stereocenters. The first-order chi connectivity index (χ1) is 18.5. The third-order valence-corrected chi connectivity index (χ3v) is 6.95. The van der Waals surface area contributed by atoms with Crippen molar-refractivity contribution in [2.45, 2.75) is 0 Å². The normalized spacial score (nSPS) is 16.7. The van der Waals surface area contributed by atoms with Crippen molar-refractivity contribution in [3.8, 4) is 17.1 Å². The van der Waals surface area contributed by atoms with E-state index >= 15 is 0 Å². The van der Waals surface area contributed by atoms with Crippen LogP contribution in [0, 0.1) is 5.82 Å². The van der Waals surface area contributed by atoms with E-state index in [4.69, 9.17) is 14.7 Å². The van der Waals surface area contributed by atoms with E-state index in [9.17, 15) is 9.18 Å². The number of aromatic nitrogens is 4. The van der Waals surface area contributed by atoms with E-state index < -0.39 is 0 Å². The number of halogens is 1. The second-order valence-electron chi connectivity index (χ2n) is 9.51. The number of piperazine rings is 1. The summed E-state index contributed by atoms with van der Waals surface area (Å²) in [5.74, 6) is 1.61. The van der Waals surface area contributed by atoms with Crippen molar-refractivity contribution in [1.82, 2.24) is 29.3 Å². The maximum atomic E-state index is 13.7. The molecule has 2 amide bonds. The maximum Gasteiger partial charge on any atom is 0.323 e. The molecule has 38 heavy (non-hydrogen) atoms. The number of carbonyl (C=O) groups is 1. The Bertz CT molecular complexity index is 1440. The molecule has 0 bridgehead atoms. The Morgan fingerprint density at radius 1 is 0.947 bits per heavy atom. The number of anilines is 2. The minimum absolute atomic E-state index is 0.220. The summed E-state index contributed by atoms with van der Waals surface area (Å²) in [6.45, 7) is 5.82. The standard InChI is InChI=1S/C27H29FN8O2/c1-33-10-12-34(13-11-33)24-7-6-22-26(32-24)36(25(30-22)19-2-4-20(28)5-3-19)21-8-9-29-23(18-21)31-27(37)35-14-16-38-17-15-35/h2-9,18H,10-17H2,1H3,(H,29,31,37). The molecule has 6 rings (SSSR count). The minimum atomic E-state index is -0.316. The highest BCUT2D eigenvalue weighted by Crippen LogP contribution is 2.30. The van der Waals surface area contributed by atoms with Gasteiger partial charge in [0.25, 0.3) is 0 Å². The molecule has 2 aliphatic heterocycles. The molecule has 2 saturated heterocycles. The largest absolute Gasteiger partial charge is 0.378 e. The predicted molar refractivity (Wildman–Crippen MR) is 143 cm³/mol. The molecule has 2 fully saturated rings. The fourth-order valence-corrected chi connectivity index (χ4v) is 4.78. The van der Waals surface area contributed by atoms with Crippen molar-refractivity contribution in [3.63, 3.8) is 0 Å². The average Bonchev–Trinajstić information content (AvgIpc) is 3.33. The first-order valence-corrected chi connectivity index (χ1v) is 12.7. The second kappa shape index (κ2) is 10.3. The van der Waals surface area contributed by atoms with Crippen LogP contribution < -0.4 is 10.2 Å². The summed E-state index contributed by atoms with van der Waals surface area (Å²) >= 11 is 0. The molecule has 1 N–H and O–H groups in total. The number of nitrogens with zero attached hydrogens (tertiary/aromatic N) is 7. The first kappa shape index (κ1) is 24.3. The highest BCUT2D eigenvalue weighted by Gasteiger charge is 2.21. The van der Waals surface area contributed by atoms with Crippen LogP contribution in [0.4, 0.5) is 20.8 Å². The molecule has 0 spiro atoms. The molecule has 10 nitrogen and oxygen atoms in total. The molecule has 4 aromatic rings. The summed E-state index contributed by atoms with van der Waals surface area (Å²) in [6, 6.07) is 13.7. The summed E-state index contributed by atoms with van der Waals surface area (Å²) in [6.07, 6.45) is 1.65. The number of morpholine rings is 1. The number of carbonyl (C=O) groups excluding carboxylic acids is 1. The fourth-order valence-electron chi connectivity index (χ4n) is 4.78. The van der Waals surface area contributed by atoms with Gasteiger partial charge in [-0.2, -0.15) is 0 Å². The quantitative estimate of drug-likeness (QED) is 0.445. The highest BCUT2D eigenvalue weighted by molar-refractivity contribution is 5.89. The Labute approximate surface area is 219 Å². The molecule has 0 radical (unpaired) electrons. The Morgan fingerprint density at radius 2 is 1.71 bits per heavy atom. The van der Waals surface area contributed by atoms with E-state index in [0.29, 0.717) is 43.6 Å². The number of hydrogen-bond donors (Lipinski definition) is 1. The van der Waals surface area contributed by atoms with E-state index in [-0.39, 0.29) is 11.8 Å². The number of amides is 2. The molecular formula is C27H29FN8O2. The lowest BCUT2D eigenvalue weighted by atomic mass is 10.2. The van der Waals surface area contributed by atoms with Crippen molar-refractivity contribution in [2.75, 3.05) is 69.7 Å². The van der Waals surface area contributed by atoms with Gasteiger partial charge in [-0.05, 0) is 49.5 Å². The van der Waals surface area contributed by atoms with E-state index in [1.807, 2.05) is 22.8 Å². The predicted octanol–water partition coefficient (Wildman–Crippen LogP) is 3.24. The number of fused-ring (bicyclic) bond motifs is 1. The number of ether oxygens (including phenoxy) is 1. The van der Waals surface area contributed by atoms with Gasteiger partial charge in [-0.15, -0.1) is 0 Å². The Balaban J connectivity index is 1.41. The van der Waals surface area contributed by atoms with Gasteiger partial charge in [-0.1, -0.05) is 0 Å². The number of imidazole rings is 1. The van der Waals surface area contributed by atoms with Crippen LogP contribution in [0.1, 0.15) is 0 Å². The van der Waals surface area contributed by atoms with Gasteiger partial charge in [0.15, 0.2) is 5.65 Å². The van der Waals surface area contributed by atoms with Gasteiger partial charge in [0.2, 0.25) is 0 Å². The van der Waals surface area contributed by atoms with Crippen molar-refractivity contribution >= 4 is 28.8 Å². The maximum absolute atomic E-state index is 13.7. The van der Waals surface area contributed by atoms with Gasteiger partial charge in [-0.3, -0.25) is 9.88 Å². The van der Waals surface area contributed by atoms with Gasteiger partial charge in [0, 0.05) is 57.1 Å². The van der Waals surface area contributed by atoms with Crippen LogP contribution in [0.3, 0.4) is 0 Å². The topological polar surface area (TPSA) is 91.6 Å². The molecule has 11 heteroatoms. The lowest BCUT2D eigenvalue weighted by Gasteiger charge is -2.33. The van der Waals surface area contributed by atoms with Crippen molar-refractivity contribution in [3.05, 3.63) is 60.5 Å². The van der Waals surface area contributed by atoms with Crippen LogP contribution in [0.5, 0.6) is 0 Å². The van der Waals surface area contributed by atoms with E-state index in [1.54, 1.807) is 29.3 Å². The summed E-state index contributed by atoms with van der Waals surface area (Å²) in [5.41, 5.74) is 2.89. The minimum Gasteiger partial charge on any atom is -0.378 e. The summed E-state index contributed by atoms with van der Waals surface area (Å²) in [4.78, 5) is 33.3. The summed E-state index contributed by atoms with van der Waals surface area (Å²) in [5, 5.41) is 2.90. The van der Waals surface area contributed by atoms with Crippen LogP contribution in [0.25, 0.3) is 28.2 Å². The monoisotopic (exact) mass is 516 g/mol. The fraction of sp³-hybridized carbons (Fsp3) is 0.333. The number of pyridine rings is 2. The molecule has 5 heterocycles. The van der Waals surface area contributed by atoms with Crippen LogP contribution >= 0.6 is 0 Å². The van der Waals surface area contributed by atoms with Crippen LogP contribution in [0.2, 0.25) is 0 Å². The molecular weight excluding hydrogens is 487 g/mol. The molecule has 2 aliphatic rings. The lowest BCUT2D eigenvalue weighted by molar-refractivity contribution is 0.0564. The van der Waals surface area contributed by atoms with E-state index in [0.717, 1.165) is 48.8 Å². The molecule has 3 aromatic heterocycles. The Kier molecular flexibility index (Phi) is 6.61. The molecule has 0 saturated carbocycles. The number of hydrogen-bond acceptors (Lipinski definition) is 7. The molecule has 1 aromatic carbocycles. The van der Waals surface area contributed by atoms with Crippen LogP contribution in [-0.2, 0) is 4.74 Å². The zero-order chi connectivity index (χ0) is 26.1. The number of likely N-dealkylation sites (N-methyl/N-ethyl adjacent to an activating group) is 1.